The highest BCUT2D eigenvalue weighted by Gasteiger charge is 2.64. The summed E-state index contributed by atoms with van der Waals surface area (Å²) in [7, 11) is 0. The van der Waals surface area contributed by atoms with E-state index in [-0.39, 0.29) is 34.6 Å². The number of carbonyl (C=O) groups excluding carboxylic acids is 2. The minimum atomic E-state index is -1.63. The summed E-state index contributed by atoms with van der Waals surface area (Å²) < 4.78 is 19.1. The Bertz CT molecular complexity index is 715. The summed E-state index contributed by atoms with van der Waals surface area (Å²) in [6.07, 6.45) is 4.11. The lowest BCUT2D eigenvalue weighted by Gasteiger charge is -2.59. The Labute approximate surface area is 166 Å². The number of aliphatic hydroxyl groups is 1. The second-order valence-corrected chi connectivity index (χ2v) is 10.4. The van der Waals surface area contributed by atoms with Crippen LogP contribution in [0.15, 0.2) is 11.6 Å². The van der Waals surface area contributed by atoms with Gasteiger partial charge in [-0.25, -0.2) is 9.18 Å². The molecule has 156 valence electrons. The Morgan fingerprint density at radius 2 is 2.07 bits per heavy atom. The van der Waals surface area contributed by atoms with Gasteiger partial charge in [0.15, 0.2) is 12.0 Å². The first-order chi connectivity index (χ1) is 13.1. The van der Waals surface area contributed by atoms with Gasteiger partial charge in [-0.15, -0.1) is 0 Å². The van der Waals surface area contributed by atoms with Crippen molar-refractivity contribution in [3.8, 4) is 0 Å². The number of alkyl halides is 1. The van der Waals surface area contributed by atoms with E-state index in [9.17, 15) is 19.1 Å². The number of rotatable bonds is 2. The number of hydrogen-bond acceptors (Lipinski definition) is 4. The zero-order valence-corrected chi connectivity index (χ0v) is 17.4. The van der Waals surface area contributed by atoms with E-state index in [1.165, 1.54) is 12.5 Å². The van der Waals surface area contributed by atoms with E-state index in [1.807, 2.05) is 6.08 Å². The van der Waals surface area contributed by atoms with Gasteiger partial charge in [0.2, 0.25) is 0 Å². The van der Waals surface area contributed by atoms with Crippen LogP contribution in [0.1, 0.15) is 66.2 Å². The predicted molar refractivity (Wildman–Crippen MR) is 103 cm³/mol. The van der Waals surface area contributed by atoms with Crippen LogP contribution < -0.4 is 0 Å². The number of esters is 1. The molecule has 1 N–H and O–H groups in total. The molecular formula is C23H33FO4. The molecule has 28 heavy (non-hydrogen) atoms. The first-order valence-corrected chi connectivity index (χ1v) is 10.8. The fourth-order valence-electron chi connectivity index (χ4n) is 7.48. The van der Waals surface area contributed by atoms with Crippen molar-refractivity contribution in [2.45, 2.75) is 84.6 Å². The number of hydrogen-bond donors (Lipinski definition) is 1. The Morgan fingerprint density at radius 1 is 1.36 bits per heavy atom. The van der Waals surface area contributed by atoms with Crippen molar-refractivity contribution in [2.24, 2.45) is 34.5 Å². The second kappa shape index (κ2) is 6.65. The highest BCUT2D eigenvalue weighted by molar-refractivity contribution is 5.91. The van der Waals surface area contributed by atoms with E-state index < -0.39 is 18.2 Å². The van der Waals surface area contributed by atoms with Crippen LogP contribution in [0.5, 0.6) is 0 Å². The lowest BCUT2D eigenvalue weighted by molar-refractivity contribution is -0.177. The number of aliphatic hydroxyl groups excluding tert-OH is 1. The van der Waals surface area contributed by atoms with Gasteiger partial charge >= 0.3 is 5.97 Å². The molecule has 4 nitrogen and oxygen atoms in total. The normalized spacial score (nSPS) is 48.8. The first kappa shape index (κ1) is 20.1. The molecule has 0 amide bonds. The lowest BCUT2D eigenvalue weighted by Crippen LogP contribution is -2.57. The van der Waals surface area contributed by atoms with Gasteiger partial charge in [0.05, 0.1) is 6.10 Å². The van der Waals surface area contributed by atoms with Crippen molar-refractivity contribution in [1.82, 2.24) is 0 Å². The monoisotopic (exact) mass is 392 g/mol. The molecule has 0 aromatic carbocycles. The van der Waals surface area contributed by atoms with Crippen molar-refractivity contribution in [3.05, 3.63) is 11.6 Å². The van der Waals surface area contributed by atoms with Crippen LogP contribution in [0.2, 0.25) is 0 Å². The van der Waals surface area contributed by atoms with Crippen molar-refractivity contribution in [3.63, 3.8) is 0 Å². The second-order valence-electron chi connectivity index (χ2n) is 10.4. The minimum absolute atomic E-state index is 0.122. The molecule has 1 unspecified atom stereocenters. The molecule has 4 aliphatic carbocycles. The van der Waals surface area contributed by atoms with Gasteiger partial charge in [0, 0.05) is 11.8 Å². The summed E-state index contributed by atoms with van der Waals surface area (Å²) in [5.41, 5.74) is 0.767. The third-order valence-corrected chi connectivity index (χ3v) is 8.69. The van der Waals surface area contributed by atoms with Gasteiger partial charge in [-0.3, -0.25) is 4.79 Å². The largest absolute Gasteiger partial charge is 0.459 e. The van der Waals surface area contributed by atoms with Gasteiger partial charge in [-0.2, -0.15) is 0 Å². The highest BCUT2D eigenvalue weighted by Crippen LogP contribution is 2.66. The van der Waals surface area contributed by atoms with E-state index in [1.54, 1.807) is 0 Å². The van der Waals surface area contributed by atoms with Crippen LogP contribution in [-0.4, -0.2) is 35.2 Å². The van der Waals surface area contributed by atoms with Gasteiger partial charge in [-0.1, -0.05) is 26.3 Å². The summed E-state index contributed by atoms with van der Waals surface area (Å²) in [6, 6.07) is 0. The quantitative estimate of drug-likeness (QED) is 0.722. The van der Waals surface area contributed by atoms with E-state index in [0.717, 1.165) is 25.7 Å². The van der Waals surface area contributed by atoms with Gasteiger partial charge in [0.25, 0.3) is 0 Å². The fourth-order valence-corrected chi connectivity index (χ4v) is 7.48. The molecule has 3 saturated carbocycles. The molecule has 4 rings (SSSR count). The number of allylic oxidation sites excluding steroid dienone is 1. The predicted octanol–water partition coefficient (Wildman–Crippen LogP) is 4.00. The minimum Gasteiger partial charge on any atom is -0.459 e. The van der Waals surface area contributed by atoms with Crippen LogP contribution in [0.25, 0.3) is 0 Å². The number of ether oxygens (including phenoxy) is 1. The summed E-state index contributed by atoms with van der Waals surface area (Å²) in [5.74, 6) is 0.407. The Kier molecular flexibility index (Phi) is 4.76. The molecule has 9 atom stereocenters. The third-order valence-electron chi connectivity index (χ3n) is 8.69. The van der Waals surface area contributed by atoms with Crippen molar-refractivity contribution in [2.75, 3.05) is 0 Å². The Hall–Kier alpha value is -1.23. The van der Waals surface area contributed by atoms with Gasteiger partial charge in [-0.05, 0) is 74.2 Å². The van der Waals surface area contributed by atoms with E-state index in [4.69, 9.17) is 4.74 Å². The standard InChI is InChI=1S/C23H33FO4/c1-12-9-17-16-6-5-14-10-15(25)7-8-22(14,3)19(16)18(26)11-23(17,4)20(12)28-21(27)13(2)24/h10,12-13,16-20,26H,5-9,11H2,1-4H3/t12-,13?,16+,17+,18+,19-,20-,22+,23+/m1/s1. The maximum atomic E-state index is 13.5. The van der Waals surface area contributed by atoms with Crippen LogP contribution in [-0.2, 0) is 14.3 Å². The molecule has 5 heteroatoms. The topological polar surface area (TPSA) is 63.6 Å². The van der Waals surface area contributed by atoms with Gasteiger partial charge in [0.1, 0.15) is 6.10 Å². The third kappa shape index (κ3) is 2.79. The van der Waals surface area contributed by atoms with Gasteiger partial charge < -0.3 is 9.84 Å². The molecule has 0 bridgehead atoms. The number of fused-ring (bicyclic) bond motifs is 5. The Morgan fingerprint density at radius 3 is 2.75 bits per heavy atom. The molecule has 0 saturated heterocycles. The molecule has 0 aliphatic heterocycles. The van der Waals surface area contributed by atoms with Crippen LogP contribution in [0, 0.1) is 34.5 Å². The van der Waals surface area contributed by atoms with Crippen LogP contribution in [0.3, 0.4) is 0 Å². The molecule has 4 aliphatic rings. The summed E-state index contributed by atoms with van der Waals surface area (Å²) >= 11 is 0. The maximum Gasteiger partial charge on any atom is 0.340 e. The zero-order valence-electron chi connectivity index (χ0n) is 17.4. The number of ketones is 1. The molecule has 3 fully saturated rings. The SMILES string of the molecule is CC(F)C(=O)O[C@@H]1[C@H](C)C[C@H]2[C@@H]3CCC4=CC(=O)CC[C@]4(C)[C@H]3[C@@H](O)C[C@]12C. The number of carbonyl (C=O) groups is 2. The molecule has 0 aromatic heterocycles. The zero-order chi connectivity index (χ0) is 20.4. The molecule has 0 heterocycles. The van der Waals surface area contributed by atoms with Crippen molar-refractivity contribution in [1.29, 1.82) is 0 Å². The summed E-state index contributed by atoms with van der Waals surface area (Å²) in [5, 5.41) is 11.3. The van der Waals surface area contributed by atoms with Crippen molar-refractivity contribution < 1.29 is 23.8 Å². The Balaban J connectivity index is 1.66. The average Bonchev–Trinajstić information content (AvgIpc) is 2.86. The maximum absolute atomic E-state index is 13.5. The van der Waals surface area contributed by atoms with E-state index in [2.05, 4.69) is 20.8 Å². The van der Waals surface area contributed by atoms with E-state index >= 15 is 0 Å². The van der Waals surface area contributed by atoms with Crippen LogP contribution >= 0.6 is 0 Å². The van der Waals surface area contributed by atoms with E-state index in [0.29, 0.717) is 24.7 Å². The fraction of sp³-hybridized carbons (Fsp3) is 0.826. The molecule has 0 spiro atoms. The first-order valence-electron chi connectivity index (χ1n) is 10.8. The average molecular weight is 393 g/mol. The van der Waals surface area contributed by atoms with Crippen LogP contribution in [0.4, 0.5) is 4.39 Å². The highest BCUT2D eigenvalue weighted by atomic mass is 19.1. The molecular weight excluding hydrogens is 359 g/mol. The summed E-state index contributed by atoms with van der Waals surface area (Å²) in [6.45, 7) is 7.66. The smallest absolute Gasteiger partial charge is 0.340 e. The van der Waals surface area contributed by atoms with Crippen molar-refractivity contribution >= 4 is 11.8 Å². The lowest BCUT2D eigenvalue weighted by atomic mass is 9.46. The molecule has 0 aromatic rings. The summed E-state index contributed by atoms with van der Waals surface area (Å²) in [4.78, 5) is 24.0. The molecule has 0 radical (unpaired) electrons. The number of halogens is 1.